The quantitative estimate of drug-likeness (QED) is 0.837. The molecule has 0 aliphatic carbocycles. The van der Waals surface area contributed by atoms with Crippen LogP contribution in [0, 0.1) is 0 Å². The van der Waals surface area contributed by atoms with Crippen molar-refractivity contribution in [3.63, 3.8) is 0 Å². The Kier molecular flexibility index (Phi) is 2.43. The van der Waals surface area contributed by atoms with Crippen LogP contribution in [0.2, 0.25) is 0 Å². The molecule has 1 N–H and O–H groups in total. The third-order valence-electron chi connectivity index (χ3n) is 3.01. The van der Waals surface area contributed by atoms with Gasteiger partial charge < -0.3 is 5.32 Å². The number of hydrogen-bond acceptors (Lipinski definition) is 1. The molecule has 0 bridgehead atoms. The Balaban J connectivity index is 2.38. The molecular formula is C11H14BrN. The van der Waals surface area contributed by atoms with E-state index in [0.29, 0.717) is 0 Å². The van der Waals surface area contributed by atoms with Crippen LogP contribution in [-0.2, 0) is 5.54 Å². The molecule has 1 aromatic carbocycles. The van der Waals surface area contributed by atoms with Gasteiger partial charge in [0, 0.05) is 10.0 Å². The second-order valence-corrected chi connectivity index (χ2v) is 4.45. The van der Waals surface area contributed by atoms with Crippen molar-refractivity contribution in [3.8, 4) is 0 Å². The van der Waals surface area contributed by atoms with Gasteiger partial charge >= 0.3 is 0 Å². The summed E-state index contributed by atoms with van der Waals surface area (Å²) < 4.78 is 1.23. The summed E-state index contributed by atoms with van der Waals surface area (Å²) in [6.07, 6.45) is 2.42. The molecule has 13 heavy (non-hydrogen) atoms. The molecule has 2 rings (SSSR count). The molecule has 1 aliphatic rings. The molecule has 1 aliphatic heterocycles. The molecule has 1 heterocycles. The van der Waals surface area contributed by atoms with Crippen molar-refractivity contribution in [1.82, 2.24) is 5.32 Å². The number of nitrogens with one attached hydrogen (secondary N) is 1. The summed E-state index contributed by atoms with van der Waals surface area (Å²) in [5.41, 5.74) is 1.66. The Morgan fingerprint density at radius 1 is 1.46 bits per heavy atom. The van der Waals surface area contributed by atoms with Crippen molar-refractivity contribution >= 4 is 15.9 Å². The van der Waals surface area contributed by atoms with E-state index in [1.54, 1.807) is 0 Å². The maximum atomic E-state index is 3.61. The molecule has 0 aromatic heterocycles. The van der Waals surface area contributed by atoms with Crippen LogP contribution in [0.3, 0.4) is 0 Å². The standard InChI is InChI=1S/C11H14BrN/c1-2-11(7-8-13-11)9-5-3-4-6-10(9)12/h3-6,13H,2,7-8H2,1H3. The smallest absolute Gasteiger partial charge is 0.0455 e. The zero-order chi connectivity index (χ0) is 9.31. The summed E-state index contributed by atoms with van der Waals surface area (Å²) in [7, 11) is 0. The summed E-state index contributed by atoms with van der Waals surface area (Å²) in [5.74, 6) is 0. The van der Waals surface area contributed by atoms with E-state index >= 15 is 0 Å². The molecule has 2 heteroatoms. The summed E-state index contributed by atoms with van der Waals surface area (Å²) in [6, 6.07) is 8.50. The van der Waals surface area contributed by atoms with Gasteiger partial charge in [-0.25, -0.2) is 0 Å². The van der Waals surface area contributed by atoms with Gasteiger partial charge in [-0.05, 0) is 31.0 Å². The summed E-state index contributed by atoms with van der Waals surface area (Å²) in [4.78, 5) is 0. The molecular weight excluding hydrogens is 226 g/mol. The minimum Gasteiger partial charge on any atom is -0.307 e. The highest BCUT2D eigenvalue weighted by Crippen LogP contribution is 2.38. The van der Waals surface area contributed by atoms with E-state index in [1.807, 2.05) is 0 Å². The van der Waals surface area contributed by atoms with E-state index in [9.17, 15) is 0 Å². The average molecular weight is 240 g/mol. The van der Waals surface area contributed by atoms with Crippen LogP contribution < -0.4 is 5.32 Å². The van der Waals surface area contributed by atoms with Gasteiger partial charge in [0.1, 0.15) is 0 Å². The highest BCUT2D eigenvalue weighted by molar-refractivity contribution is 9.10. The third kappa shape index (κ3) is 1.42. The Labute approximate surface area is 87.7 Å². The lowest BCUT2D eigenvalue weighted by Crippen LogP contribution is -2.53. The zero-order valence-electron chi connectivity index (χ0n) is 7.81. The monoisotopic (exact) mass is 239 g/mol. The maximum Gasteiger partial charge on any atom is 0.0455 e. The van der Waals surface area contributed by atoms with Crippen LogP contribution in [0.25, 0.3) is 0 Å². The normalized spacial score (nSPS) is 26.9. The number of hydrogen-bond donors (Lipinski definition) is 1. The Morgan fingerprint density at radius 2 is 2.15 bits per heavy atom. The maximum absolute atomic E-state index is 3.61. The first kappa shape index (κ1) is 9.22. The largest absolute Gasteiger partial charge is 0.307 e. The third-order valence-corrected chi connectivity index (χ3v) is 3.70. The van der Waals surface area contributed by atoms with E-state index < -0.39 is 0 Å². The molecule has 0 saturated carbocycles. The second-order valence-electron chi connectivity index (χ2n) is 3.59. The van der Waals surface area contributed by atoms with Crippen molar-refractivity contribution in [1.29, 1.82) is 0 Å². The SMILES string of the molecule is CCC1(c2ccccc2Br)CCN1. The molecule has 1 nitrogen and oxygen atoms in total. The fourth-order valence-electron chi connectivity index (χ4n) is 2.00. The van der Waals surface area contributed by atoms with Crippen molar-refractivity contribution in [3.05, 3.63) is 34.3 Å². The lowest BCUT2D eigenvalue weighted by atomic mass is 9.79. The van der Waals surface area contributed by atoms with Crippen molar-refractivity contribution in [2.45, 2.75) is 25.3 Å². The van der Waals surface area contributed by atoms with Gasteiger partial charge in [0.15, 0.2) is 0 Å². The highest BCUT2D eigenvalue weighted by atomic mass is 79.9. The van der Waals surface area contributed by atoms with Gasteiger partial charge in [0.05, 0.1) is 0 Å². The predicted octanol–water partition coefficient (Wildman–Crippen LogP) is 3.05. The highest BCUT2D eigenvalue weighted by Gasteiger charge is 2.37. The van der Waals surface area contributed by atoms with Crippen LogP contribution in [0.4, 0.5) is 0 Å². The fourth-order valence-corrected chi connectivity index (χ4v) is 2.66. The lowest BCUT2D eigenvalue weighted by molar-refractivity contribution is 0.200. The first-order valence-electron chi connectivity index (χ1n) is 4.78. The van der Waals surface area contributed by atoms with E-state index in [-0.39, 0.29) is 5.54 Å². The predicted molar refractivity (Wildman–Crippen MR) is 58.7 cm³/mol. The van der Waals surface area contributed by atoms with Crippen molar-refractivity contribution in [2.24, 2.45) is 0 Å². The van der Waals surface area contributed by atoms with Gasteiger partial charge in [0.25, 0.3) is 0 Å². The van der Waals surface area contributed by atoms with Gasteiger partial charge in [-0.3, -0.25) is 0 Å². The van der Waals surface area contributed by atoms with Gasteiger partial charge in [-0.15, -0.1) is 0 Å². The summed E-state index contributed by atoms with van der Waals surface area (Å²) >= 11 is 3.61. The first-order valence-corrected chi connectivity index (χ1v) is 5.58. The van der Waals surface area contributed by atoms with Crippen LogP contribution in [0.15, 0.2) is 28.7 Å². The molecule has 70 valence electrons. The number of benzene rings is 1. The second kappa shape index (κ2) is 3.43. The summed E-state index contributed by atoms with van der Waals surface area (Å²) in [5, 5.41) is 3.54. The van der Waals surface area contributed by atoms with Gasteiger partial charge in [-0.1, -0.05) is 41.1 Å². The Hall–Kier alpha value is -0.340. The van der Waals surface area contributed by atoms with Crippen LogP contribution in [0.1, 0.15) is 25.3 Å². The molecule has 0 radical (unpaired) electrons. The molecule has 1 aromatic rings. The van der Waals surface area contributed by atoms with Crippen LogP contribution >= 0.6 is 15.9 Å². The van der Waals surface area contributed by atoms with Crippen molar-refractivity contribution in [2.75, 3.05) is 6.54 Å². The molecule has 0 spiro atoms. The van der Waals surface area contributed by atoms with E-state index in [4.69, 9.17) is 0 Å². The van der Waals surface area contributed by atoms with Gasteiger partial charge in [-0.2, -0.15) is 0 Å². The first-order chi connectivity index (χ1) is 6.28. The van der Waals surface area contributed by atoms with Gasteiger partial charge in [0.2, 0.25) is 0 Å². The lowest BCUT2D eigenvalue weighted by Gasteiger charge is -2.43. The van der Waals surface area contributed by atoms with E-state index in [1.165, 1.54) is 16.5 Å². The van der Waals surface area contributed by atoms with E-state index in [0.717, 1.165) is 13.0 Å². The Bertz CT molecular complexity index is 299. The number of rotatable bonds is 2. The molecule has 1 saturated heterocycles. The fraction of sp³-hybridized carbons (Fsp3) is 0.455. The Morgan fingerprint density at radius 3 is 2.62 bits per heavy atom. The topological polar surface area (TPSA) is 12.0 Å². The molecule has 1 fully saturated rings. The van der Waals surface area contributed by atoms with E-state index in [2.05, 4.69) is 52.4 Å². The summed E-state index contributed by atoms with van der Waals surface area (Å²) in [6.45, 7) is 3.39. The van der Waals surface area contributed by atoms with Crippen molar-refractivity contribution < 1.29 is 0 Å². The average Bonchev–Trinajstić information content (AvgIpc) is 2.07. The van der Waals surface area contributed by atoms with Crippen LogP contribution in [-0.4, -0.2) is 6.54 Å². The number of halogens is 1. The molecule has 0 amide bonds. The molecule has 1 unspecified atom stereocenters. The minimum atomic E-state index is 0.250. The minimum absolute atomic E-state index is 0.250. The van der Waals surface area contributed by atoms with Crippen LogP contribution in [0.5, 0.6) is 0 Å². The molecule has 1 atom stereocenters. The zero-order valence-corrected chi connectivity index (χ0v) is 9.39.